The van der Waals surface area contributed by atoms with Crippen LogP contribution in [0.3, 0.4) is 0 Å². The van der Waals surface area contributed by atoms with E-state index in [-0.39, 0.29) is 22.4 Å². The van der Waals surface area contributed by atoms with Gasteiger partial charge in [-0.05, 0) is 93.1 Å². The zero-order valence-corrected chi connectivity index (χ0v) is 20.7. The average Bonchev–Trinajstić information content (AvgIpc) is 2.81. The van der Waals surface area contributed by atoms with Gasteiger partial charge >= 0.3 is 0 Å². The van der Waals surface area contributed by atoms with E-state index in [1.807, 2.05) is 12.1 Å². The molecule has 1 aromatic heterocycles. The molecule has 3 N–H and O–H groups in total. The Hall–Kier alpha value is -3.26. The second kappa shape index (κ2) is 8.45. The van der Waals surface area contributed by atoms with Gasteiger partial charge in [0.1, 0.15) is 11.6 Å². The highest BCUT2D eigenvalue weighted by molar-refractivity contribution is 6.00. The number of benzene rings is 2. The molecule has 3 heterocycles. The van der Waals surface area contributed by atoms with Crippen LogP contribution in [0.5, 0.6) is 5.75 Å². The maximum Gasteiger partial charge on any atom is 0.254 e. The standard InChI is InChI=1S/C27H32FN5O2/c1-26-8-5-9-27(2,32-26)15-18(14-26)33(4)24-7-6-22(30-31-24)20-11-16-12-21(28)19(25(35)29-3)10-17(16)13-23(20)34/h6-7,10-13,18,32,34H,5,8-9,14-15H2,1-4H3,(H,29,35)/t18-,26+,27-. The summed E-state index contributed by atoms with van der Waals surface area (Å²) in [6, 6.07) is 10.0. The van der Waals surface area contributed by atoms with Gasteiger partial charge in [-0.15, -0.1) is 10.2 Å². The van der Waals surface area contributed by atoms with Crippen molar-refractivity contribution in [3.63, 3.8) is 0 Å². The van der Waals surface area contributed by atoms with Crippen LogP contribution >= 0.6 is 0 Å². The molecule has 7 nitrogen and oxygen atoms in total. The molecule has 0 spiro atoms. The lowest BCUT2D eigenvalue weighted by Gasteiger charge is -2.55. The first-order valence-corrected chi connectivity index (χ1v) is 12.1. The minimum absolute atomic E-state index is 0.00519. The summed E-state index contributed by atoms with van der Waals surface area (Å²) in [4.78, 5) is 14.1. The van der Waals surface area contributed by atoms with Gasteiger partial charge in [0.15, 0.2) is 5.82 Å². The molecule has 8 heteroatoms. The van der Waals surface area contributed by atoms with Crippen LogP contribution in [-0.2, 0) is 0 Å². The fraction of sp³-hybridized carbons (Fsp3) is 0.444. The van der Waals surface area contributed by atoms with Crippen molar-refractivity contribution in [3.05, 3.63) is 47.8 Å². The molecular weight excluding hydrogens is 445 g/mol. The van der Waals surface area contributed by atoms with Crippen LogP contribution in [0.4, 0.5) is 10.2 Å². The van der Waals surface area contributed by atoms with Crippen molar-refractivity contribution in [1.82, 2.24) is 20.8 Å². The average molecular weight is 478 g/mol. The zero-order valence-electron chi connectivity index (χ0n) is 20.7. The lowest BCUT2D eigenvalue weighted by atomic mass is 9.69. The number of aromatic nitrogens is 2. The van der Waals surface area contributed by atoms with E-state index in [9.17, 15) is 14.3 Å². The largest absolute Gasteiger partial charge is 0.507 e. The minimum Gasteiger partial charge on any atom is -0.507 e. The van der Waals surface area contributed by atoms with Crippen LogP contribution in [0, 0.1) is 5.82 Å². The van der Waals surface area contributed by atoms with E-state index in [2.05, 4.69) is 46.6 Å². The number of carbonyl (C=O) groups excluding carboxylic acids is 1. The van der Waals surface area contributed by atoms with Gasteiger partial charge < -0.3 is 20.6 Å². The highest BCUT2D eigenvalue weighted by Crippen LogP contribution is 2.42. The van der Waals surface area contributed by atoms with Crippen molar-refractivity contribution in [1.29, 1.82) is 0 Å². The van der Waals surface area contributed by atoms with E-state index in [4.69, 9.17) is 0 Å². The number of carbonyl (C=O) groups is 1. The van der Waals surface area contributed by atoms with Crippen molar-refractivity contribution >= 4 is 22.5 Å². The van der Waals surface area contributed by atoms with E-state index in [1.165, 1.54) is 44.5 Å². The smallest absolute Gasteiger partial charge is 0.254 e. The van der Waals surface area contributed by atoms with Crippen LogP contribution in [0.15, 0.2) is 36.4 Å². The highest BCUT2D eigenvalue weighted by atomic mass is 19.1. The van der Waals surface area contributed by atoms with Crippen molar-refractivity contribution in [2.24, 2.45) is 0 Å². The van der Waals surface area contributed by atoms with Crippen LogP contribution in [0.1, 0.15) is 56.3 Å². The Morgan fingerprint density at radius 3 is 2.43 bits per heavy atom. The van der Waals surface area contributed by atoms with E-state index in [0.717, 1.165) is 18.7 Å². The van der Waals surface area contributed by atoms with Crippen LogP contribution in [0.25, 0.3) is 22.0 Å². The SMILES string of the molecule is CNC(=O)c1cc2cc(O)c(-c3ccc(N(C)[C@@H]4C[C@]5(C)CCC[C@](C)(C4)N5)nn3)cc2cc1F. The van der Waals surface area contributed by atoms with E-state index in [0.29, 0.717) is 28.1 Å². The monoisotopic (exact) mass is 477 g/mol. The summed E-state index contributed by atoms with van der Waals surface area (Å²) in [6.45, 7) is 4.64. The number of amides is 1. The first kappa shape index (κ1) is 23.5. The third-order valence-corrected chi connectivity index (χ3v) is 7.78. The number of nitrogens with zero attached hydrogens (tertiary/aromatic N) is 3. The van der Waals surface area contributed by atoms with Crippen molar-refractivity contribution < 1.29 is 14.3 Å². The van der Waals surface area contributed by atoms with Gasteiger partial charge in [0.05, 0.1) is 11.3 Å². The molecule has 35 heavy (non-hydrogen) atoms. The summed E-state index contributed by atoms with van der Waals surface area (Å²) in [5.41, 5.74) is 1.17. The normalized spacial score (nSPS) is 25.9. The number of aromatic hydroxyl groups is 1. The molecule has 3 aromatic rings. The Morgan fingerprint density at radius 2 is 1.80 bits per heavy atom. The topological polar surface area (TPSA) is 90.4 Å². The van der Waals surface area contributed by atoms with Crippen molar-refractivity contribution in [2.75, 3.05) is 19.0 Å². The van der Waals surface area contributed by atoms with Gasteiger partial charge in [0, 0.05) is 36.8 Å². The molecule has 0 radical (unpaired) electrons. The quantitative estimate of drug-likeness (QED) is 0.516. The number of halogens is 1. The van der Waals surface area contributed by atoms with Crippen molar-refractivity contribution in [2.45, 2.75) is 63.1 Å². The Balaban J connectivity index is 1.41. The molecule has 0 aliphatic carbocycles. The second-order valence-electron chi connectivity index (χ2n) is 10.7. The molecule has 0 unspecified atom stereocenters. The number of fused-ring (bicyclic) bond motifs is 3. The molecule has 2 saturated heterocycles. The van der Waals surface area contributed by atoms with Crippen molar-refractivity contribution in [3.8, 4) is 17.0 Å². The molecular formula is C27H32FN5O2. The number of anilines is 1. The summed E-state index contributed by atoms with van der Waals surface area (Å²) in [5, 5.41) is 27.0. The zero-order chi connectivity index (χ0) is 25.0. The van der Waals surface area contributed by atoms with Crippen LogP contribution in [0.2, 0.25) is 0 Å². The second-order valence-corrected chi connectivity index (χ2v) is 10.7. The van der Waals surface area contributed by atoms with Gasteiger partial charge in [-0.2, -0.15) is 0 Å². The number of nitrogens with one attached hydrogen (secondary N) is 2. The predicted molar refractivity (Wildman–Crippen MR) is 135 cm³/mol. The molecule has 1 amide bonds. The summed E-state index contributed by atoms with van der Waals surface area (Å²) in [7, 11) is 3.52. The van der Waals surface area contributed by atoms with Crippen LogP contribution < -0.4 is 15.5 Å². The van der Waals surface area contributed by atoms with Gasteiger partial charge in [-0.3, -0.25) is 4.79 Å². The van der Waals surface area contributed by atoms with Crippen LogP contribution in [-0.4, -0.2) is 52.4 Å². The van der Waals surface area contributed by atoms with Gasteiger partial charge in [0.2, 0.25) is 0 Å². The fourth-order valence-electron chi connectivity index (χ4n) is 6.08. The Bertz CT molecular complexity index is 1280. The highest BCUT2D eigenvalue weighted by Gasteiger charge is 2.46. The summed E-state index contributed by atoms with van der Waals surface area (Å²) in [5.74, 6) is -0.355. The third-order valence-electron chi connectivity index (χ3n) is 7.78. The number of piperidine rings is 2. The van der Waals surface area contributed by atoms with E-state index < -0.39 is 11.7 Å². The number of phenolic OH excluding ortho intramolecular Hbond substituents is 1. The number of hydrogen-bond donors (Lipinski definition) is 3. The van der Waals surface area contributed by atoms with Gasteiger partial charge in [-0.1, -0.05) is 0 Å². The molecule has 2 aromatic carbocycles. The van der Waals surface area contributed by atoms with Gasteiger partial charge in [0.25, 0.3) is 5.91 Å². The summed E-state index contributed by atoms with van der Waals surface area (Å²) < 4.78 is 14.5. The lowest BCUT2D eigenvalue weighted by molar-refractivity contribution is 0.0784. The van der Waals surface area contributed by atoms with E-state index in [1.54, 1.807) is 6.07 Å². The third kappa shape index (κ3) is 4.31. The minimum atomic E-state index is -0.620. The summed E-state index contributed by atoms with van der Waals surface area (Å²) >= 11 is 0. The number of hydrogen-bond acceptors (Lipinski definition) is 6. The molecule has 2 aliphatic rings. The lowest BCUT2D eigenvalue weighted by Crippen LogP contribution is -2.66. The summed E-state index contributed by atoms with van der Waals surface area (Å²) in [6.07, 6.45) is 5.74. The molecule has 2 aliphatic heterocycles. The fourth-order valence-corrected chi connectivity index (χ4v) is 6.08. The maximum atomic E-state index is 14.5. The maximum absolute atomic E-state index is 14.5. The Labute approximate surface area is 204 Å². The van der Waals surface area contributed by atoms with Gasteiger partial charge in [-0.25, -0.2) is 4.39 Å². The number of phenols is 1. The Kier molecular flexibility index (Phi) is 5.67. The predicted octanol–water partition coefficient (Wildman–Crippen LogP) is 4.39. The first-order chi connectivity index (χ1) is 16.6. The Morgan fingerprint density at radius 1 is 1.11 bits per heavy atom. The molecule has 2 fully saturated rings. The molecule has 2 bridgehead atoms. The van der Waals surface area contributed by atoms with E-state index >= 15 is 0 Å². The molecule has 5 rings (SSSR count). The first-order valence-electron chi connectivity index (χ1n) is 12.1. The number of rotatable bonds is 4. The molecule has 184 valence electrons. The molecule has 3 atom stereocenters. The molecule has 0 saturated carbocycles.